The highest BCUT2D eigenvalue weighted by molar-refractivity contribution is 7.22. The molecule has 0 radical (unpaired) electrons. The highest BCUT2D eigenvalue weighted by Crippen LogP contribution is 2.32. The lowest BCUT2D eigenvalue weighted by Crippen LogP contribution is -2.48. The first-order chi connectivity index (χ1) is 13.1. The first kappa shape index (κ1) is 17.8. The van der Waals surface area contributed by atoms with Crippen LogP contribution in [0, 0.1) is 13.8 Å². The Balaban J connectivity index is 1.49. The predicted octanol–water partition coefficient (Wildman–Crippen LogP) is 3.88. The molecular weight excluding hydrogens is 358 g/mol. The largest absolute Gasteiger partial charge is 0.496 e. The summed E-state index contributed by atoms with van der Waals surface area (Å²) >= 11 is 1.74. The summed E-state index contributed by atoms with van der Waals surface area (Å²) in [6.45, 7) is 7.18. The lowest BCUT2D eigenvalue weighted by molar-refractivity contribution is 0.0743. The molecule has 2 heterocycles. The van der Waals surface area contributed by atoms with Gasteiger partial charge in [-0.1, -0.05) is 29.5 Å². The van der Waals surface area contributed by atoms with Crippen molar-refractivity contribution < 1.29 is 9.53 Å². The van der Waals surface area contributed by atoms with Gasteiger partial charge in [0.2, 0.25) is 0 Å². The van der Waals surface area contributed by atoms with E-state index in [1.807, 2.05) is 29.2 Å². The van der Waals surface area contributed by atoms with Crippen molar-refractivity contribution in [3.05, 3.63) is 53.1 Å². The molecule has 3 aromatic rings. The molecule has 27 heavy (non-hydrogen) atoms. The monoisotopic (exact) mass is 381 g/mol. The van der Waals surface area contributed by atoms with Crippen molar-refractivity contribution in [1.82, 2.24) is 9.88 Å². The van der Waals surface area contributed by atoms with Gasteiger partial charge >= 0.3 is 0 Å². The fraction of sp³-hybridized carbons (Fsp3) is 0.333. The number of aromatic nitrogens is 1. The van der Waals surface area contributed by atoms with E-state index in [0.29, 0.717) is 24.4 Å². The number of piperazine rings is 1. The lowest BCUT2D eigenvalue weighted by atomic mass is 10.1. The van der Waals surface area contributed by atoms with Gasteiger partial charge in [-0.3, -0.25) is 4.79 Å². The molecule has 140 valence electrons. The number of nitrogens with zero attached hydrogens (tertiary/aromatic N) is 3. The second kappa shape index (κ2) is 7.19. The minimum atomic E-state index is 0.0304. The van der Waals surface area contributed by atoms with Crippen LogP contribution in [0.25, 0.3) is 10.2 Å². The molecular formula is C21H23N3O2S. The average molecular weight is 382 g/mol. The van der Waals surface area contributed by atoms with Crippen LogP contribution in [0.1, 0.15) is 21.5 Å². The topological polar surface area (TPSA) is 45.7 Å². The third-order valence-corrected chi connectivity index (χ3v) is 6.06. The molecule has 1 aromatic heterocycles. The van der Waals surface area contributed by atoms with Crippen molar-refractivity contribution in [2.75, 3.05) is 38.2 Å². The van der Waals surface area contributed by atoms with E-state index in [1.54, 1.807) is 18.4 Å². The standard InChI is InChI=1S/C21H23N3O2S/c1-14-12-15(2)19-18(13-14)27-21(22-19)24-10-8-23(9-11-24)20(25)16-6-4-5-7-17(16)26-3/h4-7,12-13H,8-11H2,1-3H3. The highest BCUT2D eigenvalue weighted by atomic mass is 32.1. The van der Waals surface area contributed by atoms with Gasteiger partial charge in [-0.25, -0.2) is 4.98 Å². The van der Waals surface area contributed by atoms with Gasteiger partial charge in [0.15, 0.2) is 5.13 Å². The molecule has 0 spiro atoms. The van der Waals surface area contributed by atoms with Crippen LogP contribution in [-0.2, 0) is 0 Å². The van der Waals surface area contributed by atoms with E-state index >= 15 is 0 Å². The minimum Gasteiger partial charge on any atom is -0.496 e. The van der Waals surface area contributed by atoms with Crippen LogP contribution in [0.3, 0.4) is 0 Å². The fourth-order valence-corrected chi connectivity index (χ4v) is 4.78. The second-order valence-electron chi connectivity index (χ2n) is 6.90. The molecule has 1 saturated heterocycles. The van der Waals surface area contributed by atoms with Gasteiger partial charge in [0.1, 0.15) is 5.75 Å². The Bertz CT molecular complexity index is 990. The molecule has 1 fully saturated rings. The zero-order chi connectivity index (χ0) is 19.0. The van der Waals surface area contributed by atoms with Crippen molar-refractivity contribution in [1.29, 1.82) is 0 Å². The Morgan fingerprint density at radius 1 is 1.11 bits per heavy atom. The number of hydrogen-bond acceptors (Lipinski definition) is 5. The van der Waals surface area contributed by atoms with Gasteiger partial charge in [0, 0.05) is 26.2 Å². The number of benzene rings is 2. The number of aryl methyl sites for hydroxylation is 2. The van der Waals surface area contributed by atoms with Crippen LogP contribution >= 0.6 is 11.3 Å². The predicted molar refractivity (Wildman–Crippen MR) is 110 cm³/mol. The van der Waals surface area contributed by atoms with Gasteiger partial charge in [-0.2, -0.15) is 0 Å². The van der Waals surface area contributed by atoms with Crippen molar-refractivity contribution >= 4 is 32.6 Å². The smallest absolute Gasteiger partial charge is 0.257 e. The number of thiazole rings is 1. The number of anilines is 1. The summed E-state index contributed by atoms with van der Waals surface area (Å²) in [5, 5.41) is 1.04. The first-order valence-corrected chi connectivity index (χ1v) is 9.93. The molecule has 0 N–H and O–H groups in total. The molecule has 1 amide bonds. The number of methoxy groups -OCH3 is 1. The van der Waals surface area contributed by atoms with Crippen LogP contribution in [0.4, 0.5) is 5.13 Å². The quantitative estimate of drug-likeness (QED) is 0.691. The van der Waals surface area contributed by atoms with Crippen LogP contribution in [0.2, 0.25) is 0 Å². The molecule has 1 aliphatic rings. The summed E-state index contributed by atoms with van der Waals surface area (Å²) < 4.78 is 6.57. The number of rotatable bonds is 3. The Labute approximate surface area is 163 Å². The lowest BCUT2D eigenvalue weighted by Gasteiger charge is -2.34. The Hall–Kier alpha value is -2.60. The molecule has 1 aliphatic heterocycles. The molecule has 4 rings (SSSR count). The molecule has 5 nitrogen and oxygen atoms in total. The number of fused-ring (bicyclic) bond motifs is 1. The van der Waals surface area contributed by atoms with E-state index < -0.39 is 0 Å². The van der Waals surface area contributed by atoms with Crippen LogP contribution in [-0.4, -0.2) is 49.1 Å². The zero-order valence-electron chi connectivity index (χ0n) is 15.9. The summed E-state index contributed by atoms with van der Waals surface area (Å²) in [4.78, 5) is 21.9. The first-order valence-electron chi connectivity index (χ1n) is 9.12. The summed E-state index contributed by atoms with van der Waals surface area (Å²) in [6, 6.07) is 11.8. The molecule has 0 unspecified atom stereocenters. The molecule has 2 aromatic carbocycles. The fourth-order valence-electron chi connectivity index (χ4n) is 3.59. The summed E-state index contributed by atoms with van der Waals surface area (Å²) in [5.74, 6) is 0.657. The zero-order valence-corrected chi connectivity index (χ0v) is 16.7. The van der Waals surface area contributed by atoms with E-state index in [4.69, 9.17) is 9.72 Å². The average Bonchev–Trinajstić information content (AvgIpc) is 3.12. The van der Waals surface area contributed by atoms with E-state index in [1.165, 1.54) is 15.8 Å². The minimum absolute atomic E-state index is 0.0304. The van der Waals surface area contributed by atoms with Crippen molar-refractivity contribution in [3.8, 4) is 5.75 Å². The van der Waals surface area contributed by atoms with E-state index in [9.17, 15) is 4.79 Å². The van der Waals surface area contributed by atoms with Crippen molar-refractivity contribution in [2.24, 2.45) is 0 Å². The van der Waals surface area contributed by atoms with Gasteiger partial charge in [-0.15, -0.1) is 0 Å². The van der Waals surface area contributed by atoms with Crippen molar-refractivity contribution in [2.45, 2.75) is 13.8 Å². The molecule has 0 saturated carbocycles. The maximum atomic E-state index is 12.9. The van der Waals surface area contributed by atoms with Gasteiger partial charge < -0.3 is 14.5 Å². The number of para-hydroxylation sites is 1. The molecule has 0 atom stereocenters. The van der Waals surface area contributed by atoms with E-state index in [-0.39, 0.29) is 5.91 Å². The summed E-state index contributed by atoms with van der Waals surface area (Å²) in [5.41, 5.74) is 4.20. The maximum absolute atomic E-state index is 12.9. The number of carbonyl (C=O) groups excluding carboxylic acids is 1. The highest BCUT2D eigenvalue weighted by Gasteiger charge is 2.25. The van der Waals surface area contributed by atoms with Gasteiger partial charge in [0.05, 0.1) is 22.9 Å². The Morgan fingerprint density at radius 2 is 1.85 bits per heavy atom. The van der Waals surface area contributed by atoms with Crippen LogP contribution < -0.4 is 9.64 Å². The van der Waals surface area contributed by atoms with E-state index in [2.05, 4.69) is 30.9 Å². The summed E-state index contributed by atoms with van der Waals surface area (Å²) in [6.07, 6.45) is 0. The molecule has 6 heteroatoms. The van der Waals surface area contributed by atoms with Gasteiger partial charge in [0.25, 0.3) is 5.91 Å². The van der Waals surface area contributed by atoms with Crippen LogP contribution in [0.15, 0.2) is 36.4 Å². The summed E-state index contributed by atoms with van der Waals surface area (Å²) in [7, 11) is 1.60. The third-order valence-electron chi connectivity index (χ3n) is 4.99. The second-order valence-corrected chi connectivity index (χ2v) is 7.91. The molecule has 0 bridgehead atoms. The Kier molecular flexibility index (Phi) is 4.74. The normalized spacial score (nSPS) is 14.6. The number of carbonyl (C=O) groups is 1. The van der Waals surface area contributed by atoms with Crippen LogP contribution in [0.5, 0.6) is 5.75 Å². The third kappa shape index (κ3) is 3.37. The SMILES string of the molecule is COc1ccccc1C(=O)N1CCN(c2nc3c(C)cc(C)cc3s2)CC1. The number of amides is 1. The Morgan fingerprint density at radius 3 is 2.59 bits per heavy atom. The number of hydrogen-bond donors (Lipinski definition) is 0. The molecule has 0 aliphatic carbocycles. The maximum Gasteiger partial charge on any atom is 0.257 e. The van der Waals surface area contributed by atoms with Gasteiger partial charge in [-0.05, 0) is 43.2 Å². The van der Waals surface area contributed by atoms with E-state index in [0.717, 1.165) is 23.7 Å². The number of ether oxygens (including phenoxy) is 1. The van der Waals surface area contributed by atoms with Crippen molar-refractivity contribution in [3.63, 3.8) is 0 Å².